The molecule has 4 heteroatoms. The third-order valence-corrected chi connectivity index (χ3v) is 3.84. The van der Waals surface area contributed by atoms with Crippen LogP contribution in [0.15, 0.2) is 0 Å². The molecular formula is C12H23N3O. The van der Waals surface area contributed by atoms with Gasteiger partial charge in [-0.3, -0.25) is 4.79 Å². The van der Waals surface area contributed by atoms with Gasteiger partial charge in [-0.2, -0.15) is 0 Å². The minimum absolute atomic E-state index is 0.00641. The summed E-state index contributed by atoms with van der Waals surface area (Å²) in [5.74, 6) is 1.13. The Morgan fingerprint density at radius 1 is 1.31 bits per heavy atom. The molecule has 0 aromatic heterocycles. The lowest BCUT2D eigenvalue weighted by Gasteiger charge is -2.35. The van der Waals surface area contributed by atoms with Crippen molar-refractivity contribution in [1.29, 1.82) is 0 Å². The zero-order valence-electron chi connectivity index (χ0n) is 10.2. The van der Waals surface area contributed by atoms with Crippen LogP contribution in [0.1, 0.15) is 26.2 Å². The van der Waals surface area contributed by atoms with Crippen LogP contribution in [-0.2, 0) is 4.79 Å². The van der Waals surface area contributed by atoms with E-state index in [1.54, 1.807) is 0 Å². The molecule has 0 aromatic carbocycles. The first kappa shape index (κ1) is 11.9. The minimum Gasteiger partial charge on any atom is -0.341 e. The molecule has 2 saturated heterocycles. The molecule has 2 fully saturated rings. The van der Waals surface area contributed by atoms with Crippen molar-refractivity contribution < 1.29 is 4.79 Å². The van der Waals surface area contributed by atoms with Crippen LogP contribution in [0.3, 0.4) is 0 Å². The summed E-state index contributed by atoms with van der Waals surface area (Å²) in [6, 6.07) is 0.00641. The van der Waals surface area contributed by atoms with Crippen molar-refractivity contribution in [3.05, 3.63) is 0 Å². The first-order valence-corrected chi connectivity index (χ1v) is 6.54. The molecule has 2 aliphatic rings. The number of hydrogen-bond acceptors (Lipinski definition) is 3. The van der Waals surface area contributed by atoms with Gasteiger partial charge in [-0.1, -0.05) is 13.3 Å². The Hall–Kier alpha value is -0.610. The summed E-state index contributed by atoms with van der Waals surface area (Å²) in [6.07, 6.45) is 3.62. The van der Waals surface area contributed by atoms with Gasteiger partial charge in [0, 0.05) is 32.7 Å². The number of amides is 1. The largest absolute Gasteiger partial charge is 0.341 e. The van der Waals surface area contributed by atoms with Crippen molar-refractivity contribution in [2.45, 2.75) is 32.2 Å². The summed E-state index contributed by atoms with van der Waals surface area (Å²) in [4.78, 5) is 14.2. The van der Waals surface area contributed by atoms with Gasteiger partial charge in [0.2, 0.25) is 5.91 Å². The molecular weight excluding hydrogens is 202 g/mol. The lowest BCUT2D eigenvalue weighted by Crippen LogP contribution is -2.57. The number of nitrogens with one attached hydrogen (secondary N) is 2. The lowest BCUT2D eigenvalue weighted by atomic mass is 9.94. The minimum atomic E-state index is 0.00641. The topological polar surface area (TPSA) is 44.4 Å². The summed E-state index contributed by atoms with van der Waals surface area (Å²) in [7, 11) is 0. The third-order valence-electron chi connectivity index (χ3n) is 3.84. The number of piperazine rings is 1. The molecule has 16 heavy (non-hydrogen) atoms. The smallest absolute Gasteiger partial charge is 0.241 e. The number of nitrogens with zero attached hydrogens (tertiary/aromatic N) is 1. The summed E-state index contributed by atoms with van der Waals surface area (Å²) in [5, 5.41) is 6.55. The van der Waals surface area contributed by atoms with Crippen molar-refractivity contribution in [3.63, 3.8) is 0 Å². The maximum atomic E-state index is 12.2. The van der Waals surface area contributed by atoms with Crippen molar-refractivity contribution >= 4 is 5.91 Å². The highest BCUT2D eigenvalue weighted by Crippen LogP contribution is 2.20. The van der Waals surface area contributed by atoms with E-state index >= 15 is 0 Å². The molecule has 2 rings (SSSR count). The summed E-state index contributed by atoms with van der Waals surface area (Å²) < 4.78 is 0. The van der Waals surface area contributed by atoms with Crippen LogP contribution in [0.2, 0.25) is 0 Å². The van der Waals surface area contributed by atoms with Gasteiger partial charge in [0.1, 0.15) is 0 Å². The van der Waals surface area contributed by atoms with Gasteiger partial charge in [-0.25, -0.2) is 0 Å². The molecule has 0 radical (unpaired) electrons. The van der Waals surface area contributed by atoms with Crippen LogP contribution in [0.5, 0.6) is 0 Å². The van der Waals surface area contributed by atoms with Crippen molar-refractivity contribution in [2.24, 2.45) is 5.92 Å². The van der Waals surface area contributed by atoms with E-state index in [-0.39, 0.29) is 6.04 Å². The van der Waals surface area contributed by atoms with Gasteiger partial charge in [-0.15, -0.1) is 0 Å². The number of piperidine rings is 1. The van der Waals surface area contributed by atoms with Crippen LogP contribution < -0.4 is 10.6 Å². The average molecular weight is 225 g/mol. The van der Waals surface area contributed by atoms with E-state index in [9.17, 15) is 4.79 Å². The molecule has 1 amide bonds. The number of rotatable bonds is 2. The predicted molar refractivity (Wildman–Crippen MR) is 64.3 cm³/mol. The fraction of sp³-hybridized carbons (Fsp3) is 0.917. The van der Waals surface area contributed by atoms with Crippen LogP contribution >= 0.6 is 0 Å². The van der Waals surface area contributed by atoms with Gasteiger partial charge in [-0.05, 0) is 18.8 Å². The number of carbonyl (C=O) groups is 1. The summed E-state index contributed by atoms with van der Waals surface area (Å²) in [6.45, 7) is 6.82. The first-order valence-electron chi connectivity index (χ1n) is 6.54. The van der Waals surface area contributed by atoms with Crippen LogP contribution in [-0.4, -0.2) is 49.6 Å². The van der Waals surface area contributed by atoms with Gasteiger partial charge < -0.3 is 15.5 Å². The zero-order valence-corrected chi connectivity index (χ0v) is 10.2. The molecule has 0 aliphatic carbocycles. The second-order valence-electron chi connectivity index (χ2n) is 4.89. The molecule has 1 unspecified atom stereocenters. The third kappa shape index (κ3) is 2.74. The quantitative estimate of drug-likeness (QED) is 0.705. The van der Waals surface area contributed by atoms with E-state index in [1.807, 2.05) is 4.90 Å². The molecule has 4 nitrogen and oxygen atoms in total. The van der Waals surface area contributed by atoms with Gasteiger partial charge in [0.05, 0.1) is 6.04 Å². The van der Waals surface area contributed by atoms with Crippen LogP contribution in [0.4, 0.5) is 0 Å². The predicted octanol–water partition coefficient (Wildman–Crippen LogP) is 0.196. The van der Waals surface area contributed by atoms with Gasteiger partial charge in [0.25, 0.3) is 0 Å². The van der Waals surface area contributed by atoms with Gasteiger partial charge in [0.15, 0.2) is 0 Å². The zero-order chi connectivity index (χ0) is 11.4. The van der Waals surface area contributed by atoms with Crippen molar-refractivity contribution in [2.75, 3.05) is 32.7 Å². The molecule has 1 atom stereocenters. The molecule has 2 aliphatic heterocycles. The van der Waals surface area contributed by atoms with Crippen molar-refractivity contribution in [1.82, 2.24) is 15.5 Å². The fourth-order valence-electron chi connectivity index (χ4n) is 2.61. The first-order chi connectivity index (χ1) is 7.81. The molecule has 0 aromatic rings. The maximum absolute atomic E-state index is 12.2. The van der Waals surface area contributed by atoms with E-state index in [1.165, 1.54) is 19.3 Å². The highest BCUT2D eigenvalue weighted by molar-refractivity contribution is 5.82. The molecule has 0 bridgehead atoms. The number of likely N-dealkylation sites (tertiary alicyclic amines) is 1. The van der Waals surface area contributed by atoms with E-state index < -0.39 is 0 Å². The average Bonchev–Trinajstić information content (AvgIpc) is 2.39. The van der Waals surface area contributed by atoms with Crippen molar-refractivity contribution in [3.8, 4) is 0 Å². The van der Waals surface area contributed by atoms with Crippen LogP contribution in [0, 0.1) is 5.92 Å². The molecule has 0 spiro atoms. The second-order valence-corrected chi connectivity index (χ2v) is 4.89. The van der Waals surface area contributed by atoms with E-state index in [0.29, 0.717) is 5.91 Å². The fourth-order valence-corrected chi connectivity index (χ4v) is 2.61. The molecule has 92 valence electrons. The second kappa shape index (κ2) is 5.64. The Morgan fingerprint density at radius 2 is 2.06 bits per heavy atom. The number of hydrogen-bond donors (Lipinski definition) is 2. The Labute approximate surface area is 97.8 Å². The number of carbonyl (C=O) groups excluding carboxylic acids is 1. The SMILES string of the molecule is CCC1CCN(C(=O)C2CNCCN2)CC1. The maximum Gasteiger partial charge on any atom is 0.241 e. The van der Waals surface area contributed by atoms with E-state index in [2.05, 4.69) is 17.6 Å². The Morgan fingerprint density at radius 3 is 2.62 bits per heavy atom. The highest BCUT2D eigenvalue weighted by atomic mass is 16.2. The molecule has 2 heterocycles. The Kier molecular flexibility index (Phi) is 4.18. The standard InChI is InChI=1S/C12H23N3O/c1-2-10-3-7-15(8-4-10)12(16)11-9-13-5-6-14-11/h10-11,13-14H,2-9H2,1H3. The van der Waals surface area contributed by atoms with E-state index in [0.717, 1.165) is 38.6 Å². The monoisotopic (exact) mass is 225 g/mol. The van der Waals surface area contributed by atoms with Crippen LogP contribution in [0.25, 0.3) is 0 Å². The lowest BCUT2D eigenvalue weighted by molar-refractivity contribution is -0.135. The molecule has 2 N–H and O–H groups in total. The molecule has 0 saturated carbocycles. The Balaban J connectivity index is 1.81. The normalized spacial score (nSPS) is 28.1. The Bertz CT molecular complexity index is 230. The van der Waals surface area contributed by atoms with Gasteiger partial charge >= 0.3 is 0 Å². The van der Waals surface area contributed by atoms with E-state index in [4.69, 9.17) is 0 Å². The summed E-state index contributed by atoms with van der Waals surface area (Å²) in [5.41, 5.74) is 0. The summed E-state index contributed by atoms with van der Waals surface area (Å²) >= 11 is 0. The highest BCUT2D eigenvalue weighted by Gasteiger charge is 2.28.